The zero-order valence-electron chi connectivity index (χ0n) is 8.08. The predicted molar refractivity (Wildman–Crippen MR) is 46.7 cm³/mol. The molecular formula is C9H17N2O+. The maximum Gasteiger partial charge on any atom is 0.245 e. The van der Waals surface area contributed by atoms with E-state index in [1.807, 2.05) is 0 Å². The lowest BCUT2D eigenvalue weighted by molar-refractivity contribution is -0.735. The van der Waals surface area contributed by atoms with Gasteiger partial charge in [0.05, 0.1) is 6.54 Å². The topological polar surface area (TPSA) is 18.0 Å². The van der Waals surface area contributed by atoms with Gasteiger partial charge in [-0.05, 0) is 6.42 Å². The molecule has 3 heteroatoms. The van der Waals surface area contributed by atoms with Crippen LogP contribution in [0.4, 0.5) is 0 Å². The summed E-state index contributed by atoms with van der Waals surface area (Å²) in [4.78, 5) is 0. The van der Waals surface area contributed by atoms with Crippen molar-refractivity contribution in [3.63, 3.8) is 0 Å². The summed E-state index contributed by atoms with van der Waals surface area (Å²) in [7, 11) is 1.71. The van der Waals surface area contributed by atoms with Crippen molar-refractivity contribution in [2.24, 2.45) is 0 Å². The fraction of sp³-hybridized carbons (Fsp3) is 0.667. The Balaban J connectivity index is 2.70. The molecule has 0 aromatic carbocycles. The second-order valence-electron chi connectivity index (χ2n) is 3.01. The molecule has 0 unspecified atom stereocenters. The number of rotatable bonds is 4. The predicted octanol–water partition coefficient (Wildman–Crippen LogP) is 1.10. The molecule has 12 heavy (non-hydrogen) atoms. The van der Waals surface area contributed by atoms with Crippen molar-refractivity contribution in [3.05, 3.63) is 18.2 Å². The van der Waals surface area contributed by atoms with Gasteiger partial charge in [0.25, 0.3) is 0 Å². The van der Waals surface area contributed by atoms with E-state index in [2.05, 4.69) is 35.5 Å². The van der Waals surface area contributed by atoms with Gasteiger partial charge in [-0.3, -0.25) is 0 Å². The van der Waals surface area contributed by atoms with Crippen molar-refractivity contribution in [2.45, 2.75) is 33.5 Å². The first kappa shape index (κ1) is 9.26. The standard InChI is InChI=1S/C9H17N2O/c1-4-5-10-6-9(2)11(7-10)8-12-3/h6-7H,4-5,8H2,1-3H3/q+1. The van der Waals surface area contributed by atoms with E-state index >= 15 is 0 Å². The van der Waals surface area contributed by atoms with Crippen molar-refractivity contribution in [2.75, 3.05) is 7.11 Å². The van der Waals surface area contributed by atoms with Crippen molar-refractivity contribution in [1.29, 1.82) is 0 Å². The second-order valence-corrected chi connectivity index (χ2v) is 3.01. The molecule has 0 spiro atoms. The minimum Gasteiger partial charge on any atom is -0.345 e. The first-order valence-corrected chi connectivity index (χ1v) is 4.32. The monoisotopic (exact) mass is 169 g/mol. The van der Waals surface area contributed by atoms with E-state index in [-0.39, 0.29) is 0 Å². The number of hydrogen-bond acceptors (Lipinski definition) is 1. The largest absolute Gasteiger partial charge is 0.345 e. The van der Waals surface area contributed by atoms with E-state index in [1.54, 1.807) is 7.11 Å². The third-order valence-corrected chi connectivity index (χ3v) is 1.84. The summed E-state index contributed by atoms with van der Waals surface area (Å²) < 4.78 is 9.33. The molecule has 0 amide bonds. The highest BCUT2D eigenvalue weighted by Gasteiger charge is 2.07. The SMILES string of the molecule is CCCn1cc(C)[n+](COC)c1. The van der Waals surface area contributed by atoms with E-state index in [1.165, 1.54) is 12.1 Å². The molecule has 68 valence electrons. The number of nitrogens with zero attached hydrogens (tertiary/aromatic N) is 2. The summed E-state index contributed by atoms with van der Waals surface area (Å²) in [5, 5.41) is 0. The molecule has 0 saturated carbocycles. The molecule has 0 N–H and O–H groups in total. The van der Waals surface area contributed by atoms with Crippen LogP contribution in [-0.4, -0.2) is 11.7 Å². The summed E-state index contributed by atoms with van der Waals surface area (Å²) in [6.45, 7) is 5.99. The first-order valence-electron chi connectivity index (χ1n) is 4.32. The van der Waals surface area contributed by atoms with Crippen molar-refractivity contribution < 1.29 is 9.30 Å². The number of aryl methyl sites for hydroxylation is 2. The fourth-order valence-corrected chi connectivity index (χ4v) is 1.27. The zero-order chi connectivity index (χ0) is 8.97. The molecule has 0 atom stereocenters. The van der Waals surface area contributed by atoms with Crippen molar-refractivity contribution in [3.8, 4) is 0 Å². The van der Waals surface area contributed by atoms with Crippen LogP contribution in [0.5, 0.6) is 0 Å². The first-order chi connectivity index (χ1) is 5.77. The van der Waals surface area contributed by atoms with Crippen LogP contribution in [0.25, 0.3) is 0 Å². The third-order valence-electron chi connectivity index (χ3n) is 1.84. The number of methoxy groups -OCH3 is 1. The zero-order valence-corrected chi connectivity index (χ0v) is 8.08. The summed E-state index contributed by atoms with van der Waals surface area (Å²) >= 11 is 0. The van der Waals surface area contributed by atoms with Crippen LogP contribution in [0, 0.1) is 6.92 Å². The molecular weight excluding hydrogens is 152 g/mol. The van der Waals surface area contributed by atoms with Gasteiger partial charge < -0.3 is 4.74 Å². The molecule has 0 aliphatic rings. The molecule has 0 saturated heterocycles. The normalized spacial score (nSPS) is 10.6. The van der Waals surface area contributed by atoms with Gasteiger partial charge in [-0.1, -0.05) is 6.92 Å². The third kappa shape index (κ3) is 2.08. The number of imidazole rings is 1. The van der Waals surface area contributed by atoms with Gasteiger partial charge in [-0.2, -0.15) is 0 Å². The van der Waals surface area contributed by atoms with Crippen LogP contribution in [0.3, 0.4) is 0 Å². The highest BCUT2D eigenvalue weighted by atomic mass is 16.5. The van der Waals surface area contributed by atoms with Gasteiger partial charge in [0.15, 0.2) is 6.73 Å². The minimum absolute atomic E-state index is 0.641. The van der Waals surface area contributed by atoms with Crippen LogP contribution in [0.2, 0.25) is 0 Å². The summed E-state index contributed by atoms with van der Waals surface area (Å²) in [5.41, 5.74) is 1.24. The van der Waals surface area contributed by atoms with Crippen LogP contribution in [0.15, 0.2) is 12.5 Å². The molecule has 3 nitrogen and oxygen atoms in total. The molecule has 1 heterocycles. The minimum atomic E-state index is 0.641. The highest BCUT2D eigenvalue weighted by molar-refractivity contribution is 4.83. The average Bonchev–Trinajstić information content (AvgIpc) is 2.34. The van der Waals surface area contributed by atoms with Crippen LogP contribution in [-0.2, 0) is 18.0 Å². The summed E-state index contributed by atoms with van der Waals surface area (Å²) in [6.07, 6.45) is 5.39. The van der Waals surface area contributed by atoms with Crippen molar-refractivity contribution in [1.82, 2.24) is 4.57 Å². The molecule has 1 aromatic heterocycles. The lowest BCUT2D eigenvalue weighted by Gasteiger charge is -1.93. The van der Waals surface area contributed by atoms with Gasteiger partial charge >= 0.3 is 0 Å². The average molecular weight is 169 g/mol. The lowest BCUT2D eigenvalue weighted by Crippen LogP contribution is -2.35. The van der Waals surface area contributed by atoms with Gasteiger partial charge in [-0.15, -0.1) is 0 Å². The van der Waals surface area contributed by atoms with Crippen molar-refractivity contribution >= 4 is 0 Å². The maximum absolute atomic E-state index is 5.05. The Morgan fingerprint density at radius 1 is 1.58 bits per heavy atom. The highest BCUT2D eigenvalue weighted by Crippen LogP contribution is 1.93. The molecule has 0 bridgehead atoms. The molecule has 1 rings (SSSR count). The molecule has 0 aliphatic heterocycles. The molecule has 0 fully saturated rings. The Bertz CT molecular complexity index is 243. The Morgan fingerprint density at radius 2 is 2.33 bits per heavy atom. The Labute approximate surface area is 73.6 Å². The Hall–Kier alpha value is -0.830. The number of ether oxygens (including phenoxy) is 1. The van der Waals surface area contributed by atoms with Gasteiger partial charge in [0.1, 0.15) is 11.9 Å². The van der Waals surface area contributed by atoms with Crippen LogP contribution >= 0.6 is 0 Å². The van der Waals surface area contributed by atoms with Crippen LogP contribution in [0.1, 0.15) is 19.0 Å². The number of aromatic nitrogens is 2. The van der Waals surface area contributed by atoms with E-state index in [9.17, 15) is 0 Å². The summed E-state index contributed by atoms with van der Waals surface area (Å²) in [6, 6.07) is 0. The molecule has 0 radical (unpaired) electrons. The maximum atomic E-state index is 5.05. The van der Waals surface area contributed by atoms with Gasteiger partial charge in [0.2, 0.25) is 6.33 Å². The van der Waals surface area contributed by atoms with E-state index in [0.717, 1.165) is 6.54 Å². The fourth-order valence-electron chi connectivity index (χ4n) is 1.27. The number of hydrogen-bond donors (Lipinski definition) is 0. The molecule has 0 aliphatic carbocycles. The Kier molecular flexibility index (Phi) is 3.29. The smallest absolute Gasteiger partial charge is 0.245 e. The Morgan fingerprint density at radius 3 is 2.92 bits per heavy atom. The summed E-state index contributed by atoms with van der Waals surface area (Å²) in [5.74, 6) is 0. The quantitative estimate of drug-likeness (QED) is 0.617. The lowest BCUT2D eigenvalue weighted by atomic mass is 10.5. The van der Waals surface area contributed by atoms with Gasteiger partial charge in [-0.25, -0.2) is 9.13 Å². The van der Waals surface area contributed by atoms with E-state index < -0.39 is 0 Å². The van der Waals surface area contributed by atoms with E-state index in [0.29, 0.717) is 6.73 Å². The van der Waals surface area contributed by atoms with E-state index in [4.69, 9.17) is 4.74 Å². The van der Waals surface area contributed by atoms with Gasteiger partial charge in [0, 0.05) is 14.0 Å². The second kappa shape index (κ2) is 4.26. The molecule has 1 aromatic rings. The van der Waals surface area contributed by atoms with Crippen LogP contribution < -0.4 is 4.57 Å².